The molecule has 2 aromatic carbocycles. The van der Waals surface area contributed by atoms with Crippen molar-refractivity contribution in [2.24, 2.45) is 4.99 Å². The molecule has 1 atom stereocenters. The number of benzene rings is 2. The van der Waals surface area contributed by atoms with Gasteiger partial charge >= 0.3 is 0 Å². The second-order valence-corrected chi connectivity index (χ2v) is 8.05. The summed E-state index contributed by atoms with van der Waals surface area (Å²) in [4.78, 5) is 29.5. The number of thioether (sulfide) groups is 1. The average Bonchev–Trinajstić information content (AvgIpc) is 3.08. The normalized spacial score (nSPS) is 17.1. The minimum absolute atomic E-state index is 0.0821. The predicted molar refractivity (Wildman–Crippen MR) is 123 cm³/mol. The smallest absolute Gasteiger partial charge is 0.240 e. The van der Waals surface area contributed by atoms with Crippen molar-refractivity contribution < 1.29 is 14.3 Å². The lowest BCUT2D eigenvalue weighted by molar-refractivity contribution is -0.122. The fraction of sp³-hybridized carbons (Fsp3) is 0.348. The number of aliphatic imine (C=N–C) groups is 1. The topological polar surface area (TPSA) is 79.8 Å². The van der Waals surface area contributed by atoms with Crippen molar-refractivity contribution in [3.05, 3.63) is 53.6 Å². The van der Waals surface area contributed by atoms with Gasteiger partial charge in [-0.3, -0.25) is 9.59 Å². The summed E-state index contributed by atoms with van der Waals surface area (Å²) in [5.41, 5.74) is 3.89. The molecule has 1 aliphatic heterocycles. The summed E-state index contributed by atoms with van der Waals surface area (Å²) in [6.07, 6.45) is 1.82. The van der Waals surface area contributed by atoms with Crippen molar-refractivity contribution in [1.29, 1.82) is 0 Å². The number of para-hydroxylation sites is 1. The number of amidine groups is 1. The molecule has 7 heteroatoms. The van der Waals surface area contributed by atoms with Gasteiger partial charge in [-0.2, -0.15) is 0 Å². The van der Waals surface area contributed by atoms with E-state index in [1.54, 1.807) is 24.3 Å². The fourth-order valence-corrected chi connectivity index (χ4v) is 4.21. The molecule has 2 N–H and O–H groups in total. The molecule has 1 fully saturated rings. The monoisotopic (exact) mass is 425 g/mol. The van der Waals surface area contributed by atoms with E-state index in [2.05, 4.69) is 36.6 Å². The Morgan fingerprint density at radius 2 is 1.77 bits per heavy atom. The number of nitrogens with one attached hydrogen (secondary N) is 2. The summed E-state index contributed by atoms with van der Waals surface area (Å²) in [7, 11) is 0. The van der Waals surface area contributed by atoms with Gasteiger partial charge in [-0.15, -0.1) is 0 Å². The molecule has 0 bridgehead atoms. The molecule has 3 rings (SSSR count). The first-order valence-corrected chi connectivity index (χ1v) is 11.1. The Bertz CT molecular complexity index is 919. The Morgan fingerprint density at radius 1 is 1.10 bits per heavy atom. The third-order valence-corrected chi connectivity index (χ3v) is 5.86. The zero-order valence-corrected chi connectivity index (χ0v) is 18.3. The van der Waals surface area contributed by atoms with Gasteiger partial charge in [0.15, 0.2) is 5.17 Å². The van der Waals surface area contributed by atoms with E-state index in [0.29, 0.717) is 17.5 Å². The molecule has 0 spiro atoms. The van der Waals surface area contributed by atoms with Crippen LogP contribution in [-0.2, 0) is 22.4 Å². The Kier molecular flexibility index (Phi) is 7.52. The number of hydrogen-bond acceptors (Lipinski definition) is 5. The van der Waals surface area contributed by atoms with Crippen LogP contribution in [0.1, 0.15) is 38.3 Å². The van der Waals surface area contributed by atoms with Gasteiger partial charge in [0, 0.05) is 12.1 Å². The third kappa shape index (κ3) is 5.42. The quantitative estimate of drug-likeness (QED) is 0.654. The van der Waals surface area contributed by atoms with E-state index < -0.39 is 5.25 Å². The minimum atomic E-state index is -0.495. The number of carbonyl (C=O) groups excluding carboxylic acids is 2. The fourth-order valence-electron chi connectivity index (χ4n) is 3.23. The van der Waals surface area contributed by atoms with Crippen LogP contribution in [0.3, 0.4) is 0 Å². The first kappa shape index (κ1) is 21.9. The van der Waals surface area contributed by atoms with E-state index in [1.807, 2.05) is 13.0 Å². The predicted octanol–water partition coefficient (Wildman–Crippen LogP) is 4.46. The molecule has 1 aliphatic rings. The second-order valence-electron chi connectivity index (χ2n) is 6.85. The number of rotatable bonds is 8. The Balaban J connectivity index is 1.65. The van der Waals surface area contributed by atoms with Crippen LogP contribution in [-0.4, -0.2) is 28.8 Å². The largest absolute Gasteiger partial charge is 0.494 e. The zero-order chi connectivity index (χ0) is 21.5. The van der Waals surface area contributed by atoms with Crippen LogP contribution in [0.5, 0.6) is 5.75 Å². The minimum Gasteiger partial charge on any atom is -0.494 e. The molecule has 0 saturated carbocycles. The van der Waals surface area contributed by atoms with Crippen molar-refractivity contribution in [2.75, 3.05) is 11.9 Å². The van der Waals surface area contributed by atoms with E-state index in [1.165, 1.54) is 11.8 Å². The van der Waals surface area contributed by atoms with Gasteiger partial charge in [0.25, 0.3) is 0 Å². The SMILES string of the molecule is CCOc1ccc(NC(=O)C[C@@H]2SC(=Nc3c(CC)cccc3CC)NC2=O)cc1. The lowest BCUT2D eigenvalue weighted by Crippen LogP contribution is -2.28. The number of nitrogens with zero attached hydrogens (tertiary/aromatic N) is 1. The van der Waals surface area contributed by atoms with Gasteiger partial charge in [0.2, 0.25) is 11.8 Å². The second kappa shape index (κ2) is 10.3. The molecule has 0 aliphatic carbocycles. The van der Waals surface area contributed by atoms with Gasteiger partial charge in [-0.25, -0.2) is 4.99 Å². The third-order valence-electron chi connectivity index (χ3n) is 4.77. The van der Waals surface area contributed by atoms with Crippen molar-refractivity contribution in [3.8, 4) is 5.75 Å². The Morgan fingerprint density at radius 3 is 2.37 bits per heavy atom. The Hall–Kier alpha value is -2.80. The molecule has 1 heterocycles. The van der Waals surface area contributed by atoms with Crippen LogP contribution in [0.4, 0.5) is 11.4 Å². The van der Waals surface area contributed by atoms with Crippen molar-refractivity contribution in [2.45, 2.75) is 45.3 Å². The lowest BCUT2D eigenvalue weighted by atomic mass is 10.0. The highest BCUT2D eigenvalue weighted by molar-refractivity contribution is 8.15. The van der Waals surface area contributed by atoms with Crippen LogP contribution in [0, 0.1) is 0 Å². The first-order valence-electron chi connectivity index (χ1n) is 10.2. The maximum absolute atomic E-state index is 12.4. The van der Waals surface area contributed by atoms with Crippen molar-refractivity contribution >= 4 is 40.1 Å². The molecule has 0 aromatic heterocycles. The molecule has 158 valence electrons. The van der Waals surface area contributed by atoms with Crippen molar-refractivity contribution in [3.63, 3.8) is 0 Å². The van der Waals surface area contributed by atoms with Gasteiger partial charge in [-0.05, 0) is 55.2 Å². The molecule has 0 radical (unpaired) electrons. The highest BCUT2D eigenvalue weighted by Gasteiger charge is 2.32. The van der Waals surface area contributed by atoms with Crippen LogP contribution < -0.4 is 15.4 Å². The van der Waals surface area contributed by atoms with Gasteiger partial charge in [0.05, 0.1) is 12.3 Å². The Labute approximate surface area is 181 Å². The number of anilines is 1. The molecular weight excluding hydrogens is 398 g/mol. The number of amides is 2. The summed E-state index contributed by atoms with van der Waals surface area (Å²) in [6, 6.07) is 13.3. The molecule has 0 unspecified atom stereocenters. The first-order chi connectivity index (χ1) is 14.5. The summed E-state index contributed by atoms with van der Waals surface area (Å²) >= 11 is 1.31. The van der Waals surface area contributed by atoms with Crippen LogP contribution in [0.15, 0.2) is 47.5 Å². The van der Waals surface area contributed by atoms with Gasteiger partial charge in [-0.1, -0.05) is 43.8 Å². The number of aryl methyl sites for hydroxylation is 2. The summed E-state index contributed by atoms with van der Waals surface area (Å²) in [5.74, 6) is 0.352. The van der Waals surface area contributed by atoms with Gasteiger partial charge < -0.3 is 15.4 Å². The molecule has 1 saturated heterocycles. The highest BCUT2D eigenvalue weighted by atomic mass is 32.2. The summed E-state index contributed by atoms with van der Waals surface area (Å²) < 4.78 is 5.40. The van der Waals surface area contributed by atoms with Crippen LogP contribution in [0.25, 0.3) is 0 Å². The van der Waals surface area contributed by atoms with Crippen LogP contribution in [0.2, 0.25) is 0 Å². The van der Waals surface area contributed by atoms with Gasteiger partial charge in [0.1, 0.15) is 11.0 Å². The van der Waals surface area contributed by atoms with E-state index in [0.717, 1.165) is 35.4 Å². The van der Waals surface area contributed by atoms with Crippen LogP contribution >= 0.6 is 11.8 Å². The van der Waals surface area contributed by atoms with E-state index in [-0.39, 0.29) is 18.2 Å². The summed E-state index contributed by atoms with van der Waals surface area (Å²) in [6.45, 7) is 6.69. The standard InChI is InChI=1S/C23H27N3O3S/c1-4-15-8-7-9-16(5-2)21(15)25-23-26-22(28)19(30-23)14-20(27)24-17-10-12-18(13-11-17)29-6-3/h7-13,19H,4-6,14H2,1-3H3,(H,24,27)(H,25,26,28)/t19-/m0/s1. The molecule has 30 heavy (non-hydrogen) atoms. The maximum Gasteiger partial charge on any atom is 0.240 e. The molecule has 2 amide bonds. The summed E-state index contributed by atoms with van der Waals surface area (Å²) in [5, 5.41) is 5.71. The average molecular weight is 426 g/mol. The highest BCUT2D eigenvalue weighted by Crippen LogP contribution is 2.30. The van der Waals surface area contributed by atoms with E-state index in [4.69, 9.17) is 9.73 Å². The maximum atomic E-state index is 12.4. The number of hydrogen-bond donors (Lipinski definition) is 2. The number of ether oxygens (including phenoxy) is 1. The molecular formula is C23H27N3O3S. The number of carbonyl (C=O) groups is 2. The molecule has 2 aromatic rings. The van der Waals surface area contributed by atoms with E-state index in [9.17, 15) is 9.59 Å². The molecule has 6 nitrogen and oxygen atoms in total. The zero-order valence-electron chi connectivity index (χ0n) is 17.5. The lowest BCUT2D eigenvalue weighted by Gasteiger charge is -2.09. The van der Waals surface area contributed by atoms with Crippen molar-refractivity contribution in [1.82, 2.24) is 5.32 Å². The van der Waals surface area contributed by atoms with E-state index >= 15 is 0 Å².